The van der Waals surface area contributed by atoms with Gasteiger partial charge in [-0.05, 0) is 73.6 Å². The zero-order valence-electron chi connectivity index (χ0n) is 16.2. The lowest BCUT2D eigenvalue weighted by Crippen LogP contribution is -2.54. The maximum absolute atomic E-state index is 13.2. The second-order valence-electron chi connectivity index (χ2n) is 6.96. The Morgan fingerprint density at radius 3 is 2.50 bits per heavy atom. The number of benzene rings is 2. The van der Waals surface area contributed by atoms with Crippen molar-refractivity contribution in [3.63, 3.8) is 0 Å². The SMILES string of the molecule is Cc1ccc(C)c(N2C(=O)/C(=C\c3ccc(-c4ccc(Br)cc4)o3)C(=O)NC2=S)c1. The summed E-state index contributed by atoms with van der Waals surface area (Å²) in [6, 6.07) is 16.9. The summed E-state index contributed by atoms with van der Waals surface area (Å²) < 4.78 is 6.81. The van der Waals surface area contributed by atoms with Crippen molar-refractivity contribution < 1.29 is 14.0 Å². The number of hydrogen-bond donors (Lipinski definition) is 1. The van der Waals surface area contributed by atoms with Gasteiger partial charge in [-0.25, -0.2) is 0 Å². The van der Waals surface area contributed by atoms with Crippen LogP contribution in [0.5, 0.6) is 0 Å². The maximum Gasteiger partial charge on any atom is 0.270 e. The highest BCUT2D eigenvalue weighted by molar-refractivity contribution is 9.10. The molecular weight excluding hydrogens is 464 g/mol. The third-order valence-corrected chi connectivity index (χ3v) is 5.56. The summed E-state index contributed by atoms with van der Waals surface area (Å²) in [4.78, 5) is 27.0. The first-order valence-electron chi connectivity index (χ1n) is 9.18. The number of amides is 2. The van der Waals surface area contributed by atoms with Crippen molar-refractivity contribution in [2.24, 2.45) is 0 Å². The summed E-state index contributed by atoms with van der Waals surface area (Å²) in [6.07, 6.45) is 1.44. The number of hydrogen-bond acceptors (Lipinski definition) is 4. The molecule has 0 saturated carbocycles. The van der Waals surface area contributed by atoms with Gasteiger partial charge in [0, 0.05) is 10.0 Å². The predicted molar refractivity (Wildman–Crippen MR) is 124 cm³/mol. The monoisotopic (exact) mass is 480 g/mol. The molecule has 1 aromatic heterocycles. The zero-order chi connectivity index (χ0) is 21.4. The second kappa shape index (κ2) is 8.01. The predicted octanol–water partition coefficient (Wildman–Crippen LogP) is 5.16. The van der Waals surface area contributed by atoms with E-state index in [4.69, 9.17) is 16.6 Å². The highest BCUT2D eigenvalue weighted by atomic mass is 79.9. The summed E-state index contributed by atoms with van der Waals surface area (Å²) in [5, 5.41) is 2.66. The van der Waals surface area contributed by atoms with Crippen LogP contribution in [0.4, 0.5) is 5.69 Å². The van der Waals surface area contributed by atoms with Gasteiger partial charge < -0.3 is 4.42 Å². The maximum atomic E-state index is 13.2. The summed E-state index contributed by atoms with van der Waals surface area (Å²) in [7, 11) is 0. The van der Waals surface area contributed by atoms with Crippen LogP contribution in [0.25, 0.3) is 17.4 Å². The van der Waals surface area contributed by atoms with Crippen molar-refractivity contribution >= 4 is 56.8 Å². The van der Waals surface area contributed by atoms with Crippen molar-refractivity contribution in [1.29, 1.82) is 0 Å². The fourth-order valence-corrected chi connectivity index (χ4v) is 3.72. The number of nitrogens with one attached hydrogen (secondary N) is 1. The van der Waals surface area contributed by atoms with E-state index in [1.54, 1.807) is 12.1 Å². The lowest BCUT2D eigenvalue weighted by atomic mass is 10.1. The Morgan fingerprint density at radius 2 is 1.77 bits per heavy atom. The molecule has 150 valence electrons. The molecule has 0 bridgehead atoms. The minimum absolute atomic E-state index is 0.0405. The molecule has 0 spiro atoms. The molecule has 2 amide bonds. The lowest BCUT2D eigenvalue weighted by molar-refractivity contribution is -0.122. The molecule has 1 saturated heterocycles. The van der Waals surface area contributed by atoms with Crippen LogP contribution in [0.2, 0.25) is 0 Å². The first-order chi connectivity index (χ1) is 14.3. The number of nitrogens with zero attached hydrogens (tertiary/aromatic N) is 1. The Bertz CT molecular complexity index is 1210. The normalized spacial score (nSPS) is 15.6. The van der Waals surface area contributed by atoms with Gasteiger partial charge in [-0.2, -0.15) is 0 Å². The van der Waals surface area contributed by atoms with Crippen LogP contribution in [0.3, 0.4) is 0 Å². The van der Waals surface area contributed by atoms with E-state index in [1.165, 1.54) is 11.0 Å². The van der Waals surface area contributed by atoms with E-state index >= 15 is 0 Å². The fraction of sp³-hybridized carbons (Fsp3) is 0.0870. The van der Waals surface area contributed by atoms with Gasteiger partial charge in [-0.1, -0.05) is 40.2 Å². The largest absolute Gasteiger partial charge is 0.457 e. The number of halogens is 1. The number of aryl methyl sites for hydroxylation is 2. The van der Waals surface area contributed by atoms with Crippen LogP contribution in [0, 0.1) is 13.8 Å². The molecule has 1 aliphatic rings. The molecule has 0 unspecified atom stereocenters. The highest BCUT2D eigenvalue weighted by Crippen LogP contribution is 2.28. The van der Waals surface area contributed by atoms with Crippen molar-refractivity contribution in [2.75, 3.05) is 4.90 Å². The smallest absolute Gasteiger partial charge is 0.270 e. The minimum atomic E-state index is -0.548. The number of thiocarbonyl (C=S) groups is 1. The lowest BCUT2D eigenvalue weighted by Gasteiger charge is -2.30. The van der Waals surface area contributed by atoms with Crippen LogP contribution in [-0.4, -0.2) is 16.9 Å². The number of anilines is 1. The third-order valence-electron chi connectivity index (χ3n) is 4.75. The average molecular weight is 481 g/mol. The van der Waals surface area contributed by atoms with Gasteiger partial charge in [0.15, 0.2) is 5.11 Å². The molecule has 4 rings (SSSR count). The highest BCUT2D eigenvalue weighted by Gasteiger charge is 2.35. The summed E-state index contributed by atoms with van der Waals surface area (Å²) in [5.74, 6) is 0.00672. The van der Waals surface area contributed by atoms with E-state index in [1.807, 2.05) is 56.3 Å². The minimum Gasteiger partial charge on any atom is -0.457 e. The van der Waals surface area contributed by atoms with Crippen LogP contribution in [-0.2, 0) is 9.59 Å². The molecule has 2 heterocycles. The summed E-state index contributed by atoms with van der Waals surface area (Å²) >= 11 is 8.68. The Hall–Kier alpha value is -3.03. The number of carbonyl (C=O) groups is 2. The first kappa shape index (κ1) is 20.3. The van der Waals surface area contributed by atoms with Crippen molar-refractivity contribution in [3.05, 3.63) is 81.5 Å². The molecule has 3 aromatic rings. The van der Waals surface area contributed by atoms with Gasteiger partial charge in [-0.3, -0.25) is 19.8 Å². The van der Waals surface area contributed by atoms with Gasteiger partial charge in [0.05, 0.1) is 5.69 Å². The average Bonchev–Trinajstić information content (AvgIpc) is 3.17. The summed E-state index contributed by atoms with van der Waals surface area (Å²) in [5.41, 5.74) is 3.36. The molecule has 0 aliphatic carbocycles. The molecule has 0 radical (unpaired) electrons. The Balaban J connectivity index is 1.69. The fourth-order valence-electron chi connectivity index (χ4n) is 3.18. The van der Waals surface area contributed by atoms with Crippen LogP contribution in [0.1, 0.15) is 16.9 Å². The second-order valence-corrected chi connectivity index (χ2v) is 8.26. The number of carbonyl (C=O) groups excluding carboxylic acids is 2. The van der Waals surface area contributed by atoms with Gasteiger partial charge in [0.25, 0.3) is 11.8 Å². The molecule has 1 fully saturated rings. The van der Waals surface area contributed by atoms with Crippen molar-refractivity contribution in [3.8, 4) is 11.3 Å². The van der Waals surface area contributed by atoms with E-state index < -0.39 is 11.8 Å². The summed E-state index contributed by atoms with van der Waals surface area (Å²) in [6.45, 7) is 3.82. The quantitative estimate of drug-likeness (QED) is 0.319. The topological polar surface area (TPSA) is 62.6 Å². The Kier molecular flexibility index (Phi) is 5.40. The van der Waals surface area contributed by atoms with E-state index in [-0.39, 0.29) is 10.7 Å². The number of furan rings is 1. The van der Waals surface area contributed by atoms with E-state index in [0.29, 0.717) is 17.2 Å². The molecule has 0 atom stereocenters. The first-order valence-corrected chi connectivity index (χ1v) is 10.4. The molecule has 1 aliphatic heterocycles. The van der Waals surface area contributed by atoms with E-state index in [2.05, 4.69) is 21.2 Å². The van der Waals surface area contributed by atoms with Gasteiger partial charge in [0.2, 0.25) is 0 Å². The van der Waals surface area contributed by atoms with Gasteiger partial charge in [-0.15, -0.1) is 0 Å². The Morgan fingerprint density at radius 1 is 1.03 bits per heavy atom. The van der Waals surface area contributed by atoms with Crippen molar-refractivity contribution in [1.82, 2.24) is 5.32 Å². The molecule has 5 nitrogen and oxygen atoms in total. The van der Waals surface area contributed by atoms with Crippen LogP contribution in [0.15, 0.2) is 69.1 Å². The molecule has 2 aromatic carbocycles. The Labute approximate surface area is 187 Å². The number of rotatable bonds is 3. The van der Waals surface area contributed by atoms with Gasteiger partial charge in [0.1, 0.15) is 17.1 Å². The molecule has 1 N–H and O–H groups in total. The molecule has 30 heavy (non-hydrogen) atoms. The standard InChI is InChI=1S/C23H17BrN2O3S/c1-13-3-4-14(2)19(11-13)26-22(28)18(21(27)25-23(26)30)12-17-9-10-20(29-17)15-5-7-16(24)8-6-15/h3-12H,1-2H3,(H,25,27,30)/b18-12-. The third kappa shape index (κ3) is 3.86. The van der Waals surface area contributed by atoms with E-state index in [0.717, 1.165) is 21.2 Å². The molecular formula is C23H17BrN2O3S. The van der Waals surface area contributed by atoms with Crippen molar-refractivity contribution in [2.45, 2.75) is 13.8 Å². The van der Waals surface area contributed by atoms with E-state index in [9.17, 15) is 9.59 Å². The van der Waals surface area contributed by atoms with Crippen LogP contribution >= 0.6 is 28.1 Å². The van der Waals surface area contributed by atoms with Crippen LogP contribution < -0.4 is 10.2 Å². The zero-order valence-corrected chi connectivity index (χ0v) is 18.6. The van der Waals surface area contributed by atoms with Gasteiger partial charge >= 0.3 is 0 Å². The molecule has 7 heteroatoms.